The first-order chi connectivity index (χ1) is 15.5. The summed E-state index contributed by atoms with van der Waals surface area (Å²) in [6.07, 6.45) is 2.11. The van der Waals surface area contributed by atoms with Gasteiger partial charge in [-0.3, -0.25) is 9.59 Å². The van der Waals surface area contributed by atoms with E-state index in [-0.39, 0.29) is 17.2 Å². The maximum absolute atomic E-state index is 12.4. The average molecular weight is 454 g/mol. The number of benzene rings is 2. The van der Waals surface area contributed by atoms with Crippen molar-refractivity contribution >= 4 is 29.3 Å². The summed E-state index contributed by atoms with van der Waals surface area (Å²) in [5.41, 5.74) is 6.95. The lowest BCUT2D eigenvalue weighted by Crippen LogP contribution is -2.19. The van der Waals surface area contributed by atoms with Gasteiger partial charge in [0.2, 0.25) is 5.91 Å². The first kappa shape index (κ1) is 23.3. The summed E-state index contributed by atoms with van der Waals surface area (Å²) in [7, 11) is 0. The second-order valence-electron chi connectivity index (χ2n) is 7.02. The van der Waals surface area contributed by atoms with Crippen molar-refractivity contribution in [3.05, 3.63) is 54.1 Å². The van der Waals surface area contributed by atoms with Crippen molar-refractivity contribution in [3.8, 4) is 17.1 Å². The van der Waals surface area contributed by atoms with Crippen LogP contribution in [0.25, 0.3) is 11.4 Å². The molecule has 0 saturated heterocycles. The minimum Gasteiger partial charge on any atom is -0.494 e. The van der Waals surface area contributed by atoms with E-state index >= 15 is 0 Å². The van der Waals surface area contributed by atoms with Gasteiger partial charge in [0.05, 0.1) is 23.6 Å². The van der Waals surface area contributed by atoms with Gasteiger partial charge in [-0.2, -0.15) is 0 Å². The number of anilines is 1. The van der Waals surface area contributed by atoms with E-state index in [0.29, 0.717) is 24.0 Å². The van der Waals surface area contributed by atoms with E-state index in [4.69, 9.17) is 10.5 Å². The summed E-state index contributed by atoms with van der Waals surface area (Å²) in [5.74, 6) is 0.826. The van der Waals surface area contributed by atoms with Crippen molar-refractivity contribution in [2.75, 3.05) is 17.7 Å². The Morgan fingerprint density at radius 3 is 2.53 bits per heavy atom. The molecular formula is C23H27N5O3S. The zero-order valence-electron chi connectivity index (χ0n) is 18.2. The van der Waals surface area contributed by atoms with Crippen molar-refractivity contribution < 1.29 is 14.3 Å². The molecule has 1 heterocycles. The number of carbonyl (C=O) groups is 2. The Kier molecular flexibility index (Phi) is 8.27. The molecule has 0 radical (unpaired) electrons. The standard InChI is InChI=1S/C23H27N5O3S/c1-3-5-14-31-17-12-10-16(11-13-17)22-26-27-23(28(22)4-2)32-15-20(29)25-19-9-7-6-8-18(19)21(24)30/h6-13H,3-5,14-15H2,1-2H3,(H2,24,30)(H,25,29). The van der Waals surface area contributed by atoms with E-state index < -0.39 is 5.91 Å². The summed E-state index contributed by atoms with van der Waals surface area (Å²) < 4.78 is 7.68. The molecule has 2 amide bonds. The van der Waals surface area contributed by atoms with Crippen LogP contribution in [0.2, 0.25) is 0 Å². The van der Waals surface area contributed by atoms with Crippen LogP contribution < -0.4 is 15.8 Å². The SMILES string of the molecule is CCCCOc1ccc(-c2nnc(SCC(=O)Nc3ccccc3C(N)=O)n2CC)cc1. The van der Waals surface area contributed by atoms with Crippen molar-refractivity contribution in [1.82, 2.24) is 14.8 Å². The van der Waals surface area contributed by atoms with Crippen LogP contribution in [0.15, 0.2) is 53.7 Å². The van der Waals surface area contributed by atoms with Gasteiger partial charge in [-0.1, -0.05) is 37.2 Å². The molecule has 32 heavy (non-hydrogen) atoms. The maximum atomic E-state index is 12.4. The number of nitrogens with two attached hydrogens (primary N) is 1. The van der Waals surface area contributed by atoms with Crippen LogP contribution in [0.3, 0.4) is 0 Å². The van der Waals surface area contributed by atoms with Crippen molar-refractivity contribution in [2.45, 2.75) is 38.4 Å². The predicted octanol–water partition coefficient (Wildman–Crippen LogP) is 3.97. The number of carbonyl (C=O) groups excluding carboxylic acids is 2. The molecule has 0 aliphatic heterocycles. The molecule has 0 saturated carbocycles. The fourth-order valence-corrected chi connectivity index (χ4v) is 3.85. The number of primary amides is 1. The Balaban J connectivity index is 1.65. The van der Waals surface area contributed by atoms with E-state index in [1.54, 1.807) is 24.3 Å². The summed E-state index contributed by atoms with van der Waals surface area (Å²) in [6.45, 7) is 5.49. The molecule has 0 atom stereocenters. The molecule has 0 spiro atoms. The van der Waals surface area contributed by atoms with Crippen molar-refractivity contribution in [2.24, 2.45) is 5.73 Å². The zero-order chi connectivity index (χ0) is 22.9. The Morgan fingerprint density at radius 2 is 1.84 bits per heavy atom. The fourth-order valence-electron chi connectivity index (χ4n) is 3.05. The number of nitrogens with zero attached hydrogens (tertiary/aromatic N) is 3. The second-order valence-corrected chi connectivity index (χ2v) is 7.97. The van der Waals surface area contributed by atoms with E-state index in [1.807, 2.05) is 35.8 Å². The molecule has 2 aromatic carbocycles. The molecule has 3 aromatic rings. The quantitative estimate of drug-likeness (QED) is 0.336. The zero-order valence-corrected chi connectivity index (χ0v) is 19.0. The maximum Gasteiger partial charge on any atom is 0.250 e. The average Bonchev–Trinajstić information content (AvgIpc) is 3.21. The number of ether oxygens (including phenoxy) is 1. The van der Waals surface area contributed by atoms with Crippen LogP contribution in [0.5, 0.6) is 5.75 Å². The van der Waals surface area contributed by atoms with Gasteiger partial charge < -0.3 is 20.4 Å². The van der Waals surface area contributed by atoms with Crippen molar-refractivity contribution in [3.63, 3.8) is 0 Å². The van der Waals surface area contributed by atoms with E-state index in [2.05, 4.69) is 22.4 Å². The topological polar surface area (TPSA) is 112 Å². The summed E-state index contributed by atoms with van der Waals surface area (Å²) >= 11 is 1.28. The molecule has 0 aliphatic carbocycles. The van der Waals surface area contributed by atoms with Crippen LogP contribution in [0.1, 0.15) is 37.0 Å². The Morgan fingerprint density at radius 1 is 1.09 bits per heavy atom. The first-order valence-corrected chi connectivity index (χ1v) is 11.5. The van der Waals surface area contributed by atoms with Gasteiger partial charge >= 0.3 is 0 Å². The van der Waals surface area contributed by atoms with Gasteiger partial charge in [0.25, 0.3) is 5.91 Å². The molecule has 0 bridgehead atoms. The summed E-state index contributed by atoms with van der Waals surface area (Å²) in [4.78, 5) is 24.0. The predicted molar refractivity (Wildman–Crippen MR) is 126 cm³/mol. The lowest BCUT2D eigenvalue weighted by atomic mass is 10.1. The normalized spacial score (nSPS) is 10.7. The van der Waals surface area contributed by atoms with Crippen LogP contribution in [0.4, 0.5) is 5.69 Å². The Bertz CT molecular complexity index is 1070. The molecule has 1 aromatic heterocycles. The number of rotatable bonds is 11. The minimum atomic E-state index is -0.592. The molecule has 168 valence electrons. The highest BCUT2D eigenvalue weighted by atomic mass is 32.2. The van der Waals surface area contributed by atoms with Crippen LogP contribution in [0, 0.1) is 0 Å². The Labute approximate surface area is 191 Å². The van der Waals surface area contributed by atoms with Gasteiger partial charge in [0.15, 0.2) is 11.0 Å². The molecule has 0 unspecified atom stereocenters. The van der Waals surface area contributed by atoms with Crippen LogP contribution in [-0.4, -0.2) is 38.9 Å². The third-order valence-electron chi connectivity index (χ3n) is 4.71. The molecule has 3 N–H and O–H groups in total. The number of unbranched alkanes of at least 4 members (excludes halogenated alkanes) is 1. The Hall–Kier alpha value is -3.33. The lowest BCUT2D eigenvalue weighted by molar-refractivity contribution is -0.113. The molecule has 0 aliphatic rings. The van der Waals surface area contributed by atoms with Crippen molar-refractivity contribution in [1.29, 1.82) is 0 Å². The largest absolute Gasteiger partial charge is 0.494 e. The van der Waals surface area contributed by atoms with E-state index in [1.165, 1.54) is 11.8 Å². The summed E-state index contributed by atoms with van der Waals surface area (Å²) in [6, 6.07) is 14.4. The molecule has 9 heteroatoms. The fraction of sp³-hybridized carbons (Fsp3) is 0.304. The highest BCUT2D eigenvalue weighted by molar-refractivity contribution is 7.99. The highest BCUT2D eigenvalue weighted by Gasteiger charge is 2.16. The van der Waals surface area contributed by atoms with Gasteiger partial charge in [0, 0.05) is 12.1 Å². The number of amides is 2. The van der Waals surface area contributed by atoms with Crippen LogP contribution >= 0.6 is 11.8 Å². The van der Waals surface area contributed by atoms with E-state index in [9.17, 15) is 9.59 Å². The van der Waals surface area contributed by atoms with E-state index in [0.717, 1.165) is 30.0 Å². The summed E-state index contributed by atoms with van der Waals surface area (Å²) in [5, 5.41) is 12.0. The highest BCUT2D eigenvalue weighted by Crippen LogP contribution is 2.26. The third kappa shape index (κ3) is 5.88. The molecule has 3 rings (SSSR count). The second kappa shape index (κ2) is 11.3. The number of aromatic nitrogens is 3. The first-order valence-electron chi connectivity index (χ1n) is 10.5. The molecular weight excluding hydrogens is 426 g/mol. The number of thioether (sulfide) groups is 1. The van der Waals surface area contributed by atoms with Crippen LogP contribution in [-0.2, 0) is 11.3 Å². The number of para-hydroxylation sites is 1. The number of hydrogen-bond acceptors (Lipinski definition) is 6. The molecule has 8 nitrogen and oxygen atoms in total. The lowest BCUT2D eigenvalue weighted by Gasteiger charge is -2.10. The molecule has 0 fully saturated rings. The third-order valence-corrected chi connectivity index (χ3v) is 5.68. The number of nitrogens with one attached hydrogen (secondary N) is 1. The van der Waals surface area contributed by atoms with Gasteiger partial charge in [-0.15, -0.1) is 10.2 Å². The van der Waals surface area contributed by atoms with Gasteiger partial charge in [0.1, 0.15) is 5.75 Å². The smallest absolute Gasteiger partial charge is 0.250 e. The number of hydrogen-bond donors (Lipinski definition) is 2. The minimum absolute atomic E-state index is 0.120. The van der Waals surface area contributed by atoms with Gasteiger partial charge in [-0.25, -0.2) is 0 Å². The van der Waals surface area contributed by atoms with Gasteiger partial charge in [-0.05, 0) is 49.7 Å². The monoisotopic (exact) mass is 453 g/mol.